The molecule has 2 N–H and O–H groups in total. The van der Waals surface area contributed by atoms with Crippen molar-refractivity contribution in [2.45, 2.75) is 96.1 Å². The number of rotatable bonds is 6. The molecular formula is C38H47FN6O2. The average Bonchev–Trinajstić information content (AvgIpc) is 3.77. The molecule has 3 aromatic heterocycles. The van der Waals surface area contributed by atoms with E-state index in [1.54, 1.807) is 12.1 Å². The summed E-state index contributed by atoms with van der Waals surface area (Å²) in [6.07, 6.45) is 13.4. The van der Waals surface area contributed by atoms with Gasteiger partial charge >= 0.3 is 0 Å². The van der Waals surface area contributed by atoms with Crippen molar-refractivity contribution in [2.24, 2.45) is 17.6 Å². The van der Waals surface area contributed by atoms with E-state index in [1.807, 2.05) is 27.7 Å². The number of nitrogens with two attached hydrogens (primary N) is 1. The van der Waals surface area contributed by atoms with Crippen LogP contribution in [0.4, 0.5) is 4.39 Å². The van der Waals surface area contributed by atoms with E-state index >= 15 is 4.39 Å². The van der Waals surface area contributed by atoms with Crippen molar-refractivity contribution in [3.05, 3.63) is 59.0 Å². The van der Waals surface area contributed by atoms with Crippen LogP contribution in [0.3, 0.4) is 0 Å². The number of piperidine rings is 2. The molecule has 5 heterocycles. The highest BCUT2D eigenvalue weighted by atomic mass is 19.1. The third-order valence-electron chi connectivity index (χ3n) is 11.4. The van der Waals surface area contributed by atoms with Crippen molar-refractivity contribution < 1.29 is 14.0 Å². The van der Waals surface area contributed by atoms with Crippen molar-refractivity contribution in [2.75, 3.05) is 26.2 Å². The third-order valence-corrected chi connectivity index (χ3v) is 11.4. The molecule has 248 valence electrons. The summed E-state index contributed by atoms with van der Waals surface area (Å²) < 4.78 is 19.6. The number of likely N-dealkylation sites (tertiary alicyclic amines) is 2. The van der Waals surface area contributed by atoms with Gasteiger partial charge in [-0.25, -0.2) is 8.91 Å². The van der Waals surface area contributed by atoms with Crippen LogP contribution in [0.1, 0.15) is 98.0 Å². The van der Waals surface area contributed by atoms with Crippen LogP contribution in [0.5, 0.6) is 0 Å². The molecule has 4 aromatic rings. The predicted molar refractivity (Wildman–Crippen MR) is 182 cm³/mol. The Bertz CT molecular complexity index is 1820. The first-order valence-electron chi connectivity index (χ1n) is 18.0. The lowest BCUT2D eigenvalue weighted by Gasteiger charge is -2.35. The van der Waals surface area contributed by atoms with Gasteiger partial charge in [-0.3, -0.25) is 9.59 Å². The van der Waals surface area contributed by atoms with Gasteiger partial charge in [-0.05, 0) is 106 Å². The molecule has 2 aliphatic carbocycles. The van der Waals surface area contributed by atoms with Gasteiger partial charge in [0.05, 0.1) is 22.3 Å². The van der Waals surface area contributed by atoms with Gasteiger partial charge in [-0.2, -0.15) is 5.10 Å². The largest absolute Gasteiger partial charge is 0.342 e. The summed E-state index contributed by atoms with van der Waals surface area (Å²) in [5.74, 6) is 1.10. The Kier molecular flexibility index (Phi) is 8.06. The second-order valence-electron chi connectivity index (χ2n) is 14.8. The Hall–Kier alpha value is -3.72. The molecule has 4 aliphatic rings. The number of halogens is 1. The number of hydrogen-bond acceptors (Lipinski definition) is 4. The lowest BCUT2D eigenvalue weighted by molar-refractivity contribution is -0.137. The summed E-state index contributed by atoms with van der Waals surface area (Å²) in [4.78, 5) is 30.6. The summed E-state index contributed by atoms with van der Waals surface area (Å²) in [5, 5.41) is 5.98. The van der Waals surface area contributed by atoms with E-state index in [4.69, 9.17) is 10.8 Å². The minimum atomic E-state index is -0.212. The molecule has 0 radical (unpaired) electrons. The predicted octanol–water partition coefficient (Wildman–Crippen LogP) is 6.66. The molecule has 4 fully saturated rings. The minimum absolute atomic E-state index is 0.00814. The van der Waals surface area contributed by atoms with Gasteiger partial charge in [0.2, 0.25) is 5.91 Å². The molecule has 0 bridgehead atoms. The van der Waals surface area contributed by atoms with E-state index in [0.29, 0.717) is 23.9 Å². The Balaban J connectivity index is 1.13. The van der Waals surface area contributed by atoms with Crippen LogP contribution < -0.4 is 5.73 Å². The van der Waals surface area contributed by atoms with Crippen LogP contribution >= 0.6 is 0 Å². The summed E-state index contributed by atoms with van der Waals surface area (Å²) in [5.41, 5.74) is 12.8. The van der Waals surface area contributed by atoms with Crippen LogP contribution in [0.15, 0.2) is 36.5 Å². The topological polar surface area (TPSA) is 88.9 Å². The van der Waals surface area contributed by atoms with Crippen LogP contribution in [0, 0.1) is 24.6 Å². The number of fused-ring (bicyclic) bond motifs is 2. The first kappa shape index (κ1) is 30.6. The highest BCUT2D eigenvalue weighted by Gasteiger charge is 2.33. The molecule has 1 atom stereocenters. The molecule has 2 aliphatic heterocycles. The highest BCUT2D eigenvalue weighted by Crippen LogP contribution is 2.42. The van der Waals surface area contributed by atoms with Gasteiger partial charge in [-0.1, -0.05) is 19.3 Å². The van der Waals surface area contributed by atoms with E-state index in [2.05, 4.69) is 22.5 Å². The number of aryl methyl sites for hydroxylation is 1. The molecule has 9 heteroatoms. The molecule has 2 amide bonds. The fourth-order valence-electron chi connectivity index (χ4n) is 8.60. The van der Waals surface area contributed by atoms with Gasteiger partial charge in [0.25, 0.3) is 5.91 Å². The van der Waals surface area contributed by atoms with Crippen molar-refractivity contribution >= 4 is 28.2 Å². The summed E-state index contributed by atoms with van der Waals surface area (Å²) in [7, 11) is 0. The summed E-state index contributed by atoms with van der Waals surface area (Å²) in [6.45, 7) is 5.75. The van der Waals surface area contributed by atoms with Crippen LogP contribution in [0.2, 0.25) is 0 Å². The van der Waals surface area contributed by atoms with Crippen molar-refractivity contribution in [3.63, 3.8) is 0 Å². The summed E-state index contributed by atoms with van der Waals surface area (Å²) >= 11 is 0. The van der Waals surface area contributed by atoms with E-state index < -0.39 is 0 Å². The van der Waals surface area contributed by atoms with E-state index in [1.165, 1.54) is 19.3 Å². The molecule has 1 unspecified atom stereocenters. The zero-order valence-corrected chi connectivity index (χ0v) is 27.6. The first-order valence-corrected chi connectivity index (χ1v) is 18.0. The maximum atomic E-state index is 15.3. The SMILES string of the molecule is Cc1c(-c2cc3cc(F)cc(C4CCN(C(=O)C5CCCCC5)CC4)c3n2CC2CC2)nn2cc(C(=O)N3CCCC(N)C3)ccc12. The Morgan fingerprint density at radius 2 is 1.70 bits per heavy atom. The second-order valence-corrected chi connectivity index (χ2v) is 14.8. The zero-order valence-electron chi connectivity index (χ0n) is 27.6. The normalized spacial score (nSPS) is 21.6. The van der Waals surface area contributed by atoms with Crippen molar-refractivity contribution in [3.8, 4) is 11.4 Å². The molecule has 47 heavy (non-hydrogen) atoms. The monoisotopic (exact) mass is 638 g/mol. The number of carbonyl (C=O) groups excluding carboxylic acids is 2. The fraction of sp³-hybridized carbons (Fsp3) is 0.553. The second kappa shape index (κ2) is 12.4. The Morgan fingerprint density at radius 3 is 2.45 bits per heavy atom. The lowest BCUT2D eigenvalue weighted by atomic mass is 9.85. The summed E-state index contributed by atoms with van der Waals surface area (Å²) in [6, 6.07) is 9.44. The molecule has 8 nitrogen and oxygen atoms in total. The molecular weight excluding hydrogens is 591 g/mol. The molecule has 8 rings (SSSR count). The maximum absolute atomic E-state index is 15.3. The number of pyridine rings is 1. The van der Waals surface area contributed by atoms with Crippen LogP contribution in [-0.2, 0) is 11.3 Å². The quantitative estimate of drug-likeness (QED) is 0.256. The molecule has 1 aromatic carbocycles. The number of amides is 2. The number of benzene rings is 1. The minimum Gasteiger partial charge on any atom is -0.342 e. The number of hydrogen-bond donors (Lipinski definition) is 1. The van der Waals surface area contributed by atoms with Gasteiger partial charge < -0.3 is 20.1 Å². The first-order chi connectivity index (χ1) is 22.8. The number of nitrogens with zero attached hydrogens (tertiary/aromatic N) is 5. The smallest absolute Gasteiger partial charge is 0.255 e. The molecule has 2 saturated heterocycles. The fourth-order valence-corrected chi connectivity index (χ4v) is 8.60. The van der Waals surface area contributed by atoms with E-state index in [0.717, 1.165) is 116 Å². The standard InChI is InChI=1S/C38H47FN6O2/c1-24-33-12-11-28(38(47)43-15-5-8-31(40)23-43)22-45(33)41-35(24)34-19-29-18-30(39)20-32(36(29)44(34)21-25-9-10-25)26-13-16-42(17-14-26)37(46)27-6-3-2-4-7-27/h11-12,18-20,22,25-27,31H,2-10,13-17,21,23,40H2,1H3. The maximum Gasteiger partial charge on any atom is 0.255 e. The van der Waals surface area contributed by atoms with Crippen molar-refractivity contribution in [1.82, 2.24) is 24.0 Å². The lowest BCUT2D eigenvalue weighted by Crippen LogP contribution is -2.45. The molecule has 0 spiro atoms. The zero-order chi connectivity index (χ0) is 32.2. The van der Waals surface area contributed by atoms with Crippen molar-refractivity contribution in [1.29, 1.82) is 0 Å². The number of carbonyl (C=O) groups is 2. The Morgan fingerprint density at radius 1 is 0.915 bits per heavy atom. The van der Waals surface area contributed by atoms with Crippen LogP contribution in [-0.4, -0.2) is 68.0 Å². The van der Waals surface area contributed by atoms with E-state index in [-0.39, 0.29) is 29.6 Å². The average molecular weight is 639 g/mol. The third kappa shape index (κ3) is 5.85. The van der Waals surface area contributed by atoms with Crippen LogP contribution in [0.25, 0.3) is 27.8 Å². The molecule has 2 saturated carbocycles. The number of aromatic nitrogens is 3. The Labute approximate surface area is 276 Å². The van der Waals surface area contributed by atoms with Gasteiger partial charge in [0.15, 0.2) is 0 Å². The van der Waals surface area contributed by atoms with Gasteiger partial charge in [0, 0.05) is 61.8 Å². The van der Waals surface area contributed by atoms with Gasteiger partial charge in [0.1, 0.15) is 11.5 Å². The van der Waals surface area contributed by atoms with Gasteiger partial charge in [-0.15, -0.1) is 0 Å². The highest BCUT2D eigenvalue weighted by molar-refractivity contribution is 5.95. The van der Waals surface area contributed by atoms with E-state index in [9.17, 15) is 9.59 Å².